The number of rotatable bonds is 4. The lowest BCUT2D eigenvalue weighted by Gasteiger charge is -2.11. The first kappa shape index (κ1) is 12.7. The molecule has 88 valence electrons. The Morgan fingerprint density at radius 2 is 2.25 bits per heavy atom. The van der Waals surface area contributed by atoms with E-state index < -0.39 is 0 Å². The van der Waals surface area contributed by atoms with E-state index in [4.69, 9.17) is 0 Å². The van der Waals surface area contributed by atoms with Gasteiger partial charge in [-0.05, 0) is 30.9 Å². The van der Waals surface area contributed by atoms with Gasteiger partial charge >= 0.3 is 5.97 Å². The summed E-state index contributed by atoms with van der Waals surface area (Å²) in [4.78, 5) is 23.4. The Hall–Kier alpha value is -1.36. The highest BCUT2D eigenvalue weighted by Gasteiger charge is 2.15. The van der Waals surface area contributed by atoms with Crippen LogP contribution in [0.5, 0.6) is 0 Å². The zero-order valence-corrected chi connectivity index (χ0v) is 10.4. The smallest absolute Gasteiger partial charge is 0.307 e. The number of hydrogen-bond donors (Lipinski definition) is 1. The van der Waals surface area contributed by atoms with Crippen molar-refractivity contribution >= 4 is 23.2 Å². The molecule has 0 aliphatic heterocycles. The van der Waals surface area contributed by atoms with E-state index in [1.54, 1.807) is 6.92 Å². The van der Waals surface area contributed by atoms with Crippen LogP contribution in [0.25, 0.3) is 0 Å². The topological polar surface area (TPSA) is 55.4 Å². The number of hydrogen-bond acceptors (Lipinski definition) is 4. The number of nitrogens with one attached hydrogen (secondary N) is 1. The van der Waals surface area contributed by atoms with Crippen LogP contribution in [-0.4, -0.2) is 25.0 Å². The average molecular weight is 241 g/mol. The largest absolute Gasteiger partial charge is 0.469 e. The molecule has 5 heteroatoms. The van der Waals surface area contributed by atoms with Gasteiger partial charge in [-0.25, -0.2) is 0 Å². The summed E-state index contributed by atoms with van der Waals surface area (Å²) in [6.45, 7) is 3.66. The van der Waals surface area contributed by atoms with Crippen LogP contribution < -0.4 is 5.32 Å². The quantitative estimate of drug-likeness (QED) is 0.817. The second-order valence-electron chi connectivity index (χ2n) is 3.59. The predicted molar refractivity (Wildman–Crippen MR) is 62.6 cm³/mol. The molecule has 1 N–H and O–H groups in total. The van der Waals surface area contributed by atoms with Gasteiger partial charge in [-0.15, -0.1) is 11.3 Å². The van der Waals surface area contributed by atoms with E-state index >= 15 is 0 Å². The monoisotopic (exact) mass is 241 g/mol. The molecular formula is C11H15NO3S. The molecule has 0 spiro atoms. The van der Waals surface area contributed by atoms with Crippen LogP contribution in [0.15, 0.2) is 11.4 Å². The first-order chi connectivity index (χ1) is 7.54. The van der Waals surface area contributed by atoms with Crippen molar-refractivity contribution in [2.24, 2.45) is 0 Å². The molecule has 0 bridgehead atoms. The fraction of sp³-hybridized carbons (Fsp3) is 0.455. The van der Waals surface area contributed by atoms with Crippen LogP contribution in [0, 0.1) is 6.92 Å². The molecular weight excluding hydrogens is 226 g/mol. The van der Waals surface area contributed by atoms with Crippen molar-refractivity contribution in [2.45, 2.75) is 26.3 Å². The van der Waals surface area contributed by atoms with Crippen molar-refractivity contribution in [1.82, 2.24) is 5.32 Å². The third kappa shape index (κ3) is 3.34. The minimum absolute atomic E-state index is 0.135. The van der Waals surface area contributed by atoms with E-state index in [1.165, 1.54) is 18.4 Å². The van der Waals surface area contributed by atoms with Crippen molar-refractivity contribution in [1.29, 1.82) is 0 Å². The molecule has 0 saturated carbocycles. The normalized spacial score (nSPS) is 11.9. The highest BCUT2D eigenvalue weighted by molar-refractivity contribution is 7.12. The molecule has 1 aromatic heterocycles. The third-order valence-corrected chi connectivity index (χ3v) is 3.16. The average Bonchev–Trinajstić information content (AvgIpc) is 2.63. The lowest BCUT2D eigenvalue weighted by atomic mass is 10.2. The van der Waals surface area contributed by atoms with E-state index in [-0.39, 0.29) is 24.3 Å². The summed E-state index contributed by atoms with van der Waals surface area (Å²) in [6.07, 6.45) is 0.187. The van der Waals surface area contributed by atoms with Gasteiger partial charge in [0.2, 0.25) is 0 Å². The number of aryl methyl sites for hydroxylation is 1. The lowest BCUT2D eigenvalue weighted by Crippen LogP contribution is -2.34. The van der Waals surface area contributed by atoms with E-state index in [0.717, 1.165) is 5.56 Å². The van der Waals surface area contributed by atoms with Crippen molar-refractivity contribution in [3.63, 3.8) is 0 Å². The van der Waals surface area contributed by atoms with Crippen molar-refractivity contribution in [3.05, 3.63) is 21.9 Å². The molecule has 0 saturated heterocycles. The number of amides is 1. The molecule has 1 unspecified atom stereocenters. The summed E-state index contributed by atoms with van der Waals surface area (Å²) < 4.78 is 4.53. The Balaban J connectivity index is 2.52. The first-order valence-electron chi connectivity index (χ1n) is 4.96. The Morgan fingerprint density at radius 1 is 1.56 bits per heavy atom. The molecule has 1 atom stereocenters. The second kappa shape index (κ2) is 5.65. The molecule has 0 aromatic carbocycles. The number of esters is 1. The minimum Gasteiger partial charge on any atom is -0.469 e. The number of ether oxygens (including phenoxy) is 1. The van der Waals surface area contributed by atoms with Gasteiger partial charge < -0.3 is 10.1 Å². The summed E-state index contributed by atoms with van der Waals surface area (Å²) in [5, 5.41) is 4.63. The molecule has 0 fully saturated rings. The maximum absolute atomic E-state index is 11.8. The zero-order valence-electron chi connectivity index (χ0n) is 9.57. The van der Waals surface area contributed by atoms with Gasteiger partial charge in [-0.1, -0.05) is 0 Å². The Labute approximate surface area is 98.6 Å². The van der Waals surface area contributed by atoms with E-state index in [2.05, 4.69) is 10.1 Å². The fourth-order valence-corrected chi connectivity index (χ4v) is 2.11. The standard InChI is InChI=1S/C11H15NO3S/c1-7-4-5-16-10(7)11(14)12-8(2)6-9(13)15-3/h4-5,8H,6H2,1-3H3,(H,12,14). The number of carbonyl (C=O) groups is 2. The van der Waals surface area contributed by atoms with Crippen molar-refractivity contribution in [3.8, 4) is 0 Å². The highest BCUT2D eigenvalue weighted by Crippen LogP contribution is 2.15. The molecule has 0 radical (unpaired) electrons. The molecule has 1 aromatic rings. The molecule has 1 rings (SSSR count). The Kier molecular flexibility index (Phi) is 4.49. The third-order valence-electron chi connectivity index (χ3n) is 2.15. The molecule has 0 aliphatic rings. The summed E-state index contributed by atoms with van der Waals surface area (Å²) in [5.41, 5.74) is 0.952. The van der Waals surface area contributed by atoms with Crippen molar-refractivity contribution < 1.29 is 14.3 Å². The van der Waals surface area contributed by atoms with Crippen LogP contribution in [0.3, 0.4) is 0 Å². The summed E-state index contributed by atoms with van der Waals surface area (Å²) in [6, 6.07) is 1.67. The zero-order chi connectivity index (χ0) is 12.1. The second-order valence-corrected chi connectivity index (χ2v) is 4.50. The number of thiophene rings is 1. The van der Waals surface area contributed by atoms with E-state index in [1.807, 2.05) is 18.4 Å². The van der Waals surface area contributed by atoms with Crippen LogP contribution in [0.1, 0.15) is 28.6 Å². The molecule has 16 heavy (non-hydrogen) atoms. The maximum atomic E-state index is 11.8. The summed E-state index contributed by atoms with van der Waals surface area (Å²) in [5.74, 6) is -0.459. The van der Waals surface area contributed by atoms with Gasteiger partial charge in [0.25, 0.3) is 5.91 Å². The first-order valence-corrected chi connectivity index (χ1v) is 5.84. The van der Waals surface area contributed by atoms with Gasteiger partial charge in [-0.3, -0.25) is 9.59 Å². The van der Waals surface area contributed by atoms with Gasteiger partial charge in [0.15, 0.2) is 0 Å². The highest BCUT2D eigenvalue weighted by atomic mass is 32.1. The van der Waals surface area contributed by atoms with Crippen LogP contribution >= 0.6 is 11.3 Å². The van der Waals surface area contributed by atoms with Gasteiger partial charge in [0.1, 0.15) is 0 Å². The summed E-state index contributed by atoms with van der Waals surface area (Å²) >= 11 is 1.40. The van der Waals surface area contributed by atoms with Gasteiger partial charge in [0.05, 0.1) is 18.4 Å². The van der Waals surface area contributed by atoms with Crippen LogP contribution in [-0.2, 0) is 9.53 Å². The molecule has 1 heterocycles. The van der Waals surface area contributed by atoms with Gasteiger partial charge in [0, 0.05) is 6.04 Å². The SMILES string of the molecule is COC(=O)CC(C)NC(=O)c1sccc1C. The number of methoxy groups -OCH3 is 1. The number of carbonyl (C=O) groups excluding carboxylic acids is 2. The molecule has 0 aliphatic carbocycles. The molecule has 1 amide bonds. The van der Waals surface area contributed by atoms with Gasteiger partial charge in [-0.2, -0.15) is 0 Å². The summed E-state index contributed by atoms with van der Waals surface area (Å²) in [7, 11) is 1.33. The van der Waals surface area contributed by atoms with Crippen LogP contribution in [0.4, 0.5) is 0 Å². The Morgan fingerprint density at radius 3 is 2.75 bits per heavy atom. The minimum atomic E-state index is -0.323. The fourth-order valence-electron chi connectivity index (χ4n) is 1.28. The maximum Gasteiger partial charge on any atom is 0.307 e. The van der Waals surface area contributed by atoms with E-state index in [0.29, 0.717) is 4.88 Å². The van der Waals surface area contributed by atoms with E-state index in [9.17, 15) is 9.59 Å². The lowest BCUT2D eigenvalue weighted by molar-refractivity contribution is -0.141. The molecule has 4 nitrogen and oxygen atoms in total. The van der Waals surface area contributed by atoms with Crippen LogP contribution in [0.2, 0.25) is 0 Å². The Bertz CT molecular complexity index is 386. The van der Waals surface area contributed by atoms with Crippen molar-refractivity contribution in [2.75, 3.05) is 7.11 Å². The predicted octanol–water partition coefficient (Wildman–Crippen LogP) is 1.74.